The lowest BCUT2D eigenvalue weighted by Crippen LogP contribution is -1.90. The number of nitrogens with zero attached hydrogens (tertiary/aromatic N) is 1. The van der Waals surface area contributed by atoms with Gasteiger partial charge in [-0.3, -0.25) is 0 Å². The van der Waals surface area contributed by atoms with E-state index < -0.39 is 0 Å². The molecular weight excluding hydrogens is 214 g/mol. The molecule has 74 valence electrons. The Labute approximate surface area is 94.1 Å². The van der Waals surface area contributed by atoms with Crippen molar-refractivity contribution in [1.29, 1.82) is 5.26 Å². The van der Waals surface area contributed by atoms with Gasteiger partial charge in [-0.1, -0.05) is 31.5 Å². The van der Waals surface area contributed by atoms with Gasteiger partial charge >= 0.3 is 0 Å². The standard InChI is InChI=1S/C11H12ClNS/c1-8(2)14-7-10-4-3-9(6-13)5-11(10)12/h3-5,8H,7H2,1-2H3. The minimum atomic E-state index is 0.599. The molecule has 0 atom stereocenters. The van der Waals surface area contributed by atoms with Crippen molar-refractivity contribution < 1.29 is 0 Å². The largest absolute Gasteiger partial charge is 0.192 e. The third-order valence-corrected chi connectivity index (χ3v) is 3.25. The fourth-order valence-corrected chi connectivity index (χ4v) is 2.08. The topological polar surface area (TPSA) is 23.8 Å². The van der Waals surface area contributed by atoms with E-state index in [9.17, 15) is 0 Å². The molecule has 0 fully saturated rings. The maximum absolute atomic E-state index is 8.66. The number of rotatable bonds is 3. The number of benzene rings is 1. The third kappa shape index (κ3) is 3.25. The molecule has 0 spiro atoms. The molecule has 0 aliphatic carbocycles. The second-order valence-electron chi connectivity index (χ2n) is 3.28. The fourth-order valence-electron chi connectivity index (χ4n) is 0.990. The first kappa shape index (κ1) is 11.4. The lowest BCUT2D eigenvalue weighted by molar-refractivity contribution is 1.11. The molecule has 0 heterocycles. The Bertz CT molecular complexity index is 355. The minimum absolute atomic E-state index is 0.599. The maximum Gasteiger partial charge on any atom is 0.0992 e. The third-order valence-electron chi connectivity index (χ3n) is 1.75. The first-order valence-corrected chi connectivity index (χ1v) is 5.86. The van der Waals surface area contributed by atoms with Gasteiger partial charge in [0.2, 0.25) is 0 Å². The van der Waals surface area contributed by atoms with Gasteiger partial charge in [-0.05, 0) is 22.9 Å². The van der Waals surface area contributed by atoms with Gasteiger partial charge in [0, 0.05) is 10.8 Å². The van der Waals surface area contributed by atoms with Crippen LogP contribution in [0.15, 0.2) is 18.2 Å². The summed E-state index contributed by atoms with van der Waals surface area (Å²) in [5.74, 6) is 0.905. The van der Waals surface area contributed by atoms with Crippen molar-refractivity contribution in [3.05, 3.63) is 34.3 Å². The van der Waals surface area contributed by atoms with E-state index in [0.29, 0.717) is 15.8 Å². The molecule has 3 heteroatoms. The van der Waals surface area contributed by atoms with Gasteiger partial charge in [0.25, 0.3) is 0 Å². The number of hydrogen-bond donors (Lipinski definition) is 0. The van der Waals surface area contributed by atoms with Gasteiger partial charge in [-0.2, -0.15) is 17.0 Å². The highest BCUT2D eigenvalue weighted by Crippen LogP contribution is 2.24. The SMILES string of the molecule is CC(C)SCc1ccc(C#N)cc1Cl. The maximum atomic E-state index is 8.66. The predicted molar refractivity (Wildman–Crippen MR) is 62.6 cm³/mol. The minimum Gasteiger partial charge on any atom is -0.192 e. The van der Waals surface area contributed by atoms with E-state index in [4.69, 9.17) is 16.9 Å². The molecule has 1 aromatic carbocycles. The summed E-state index contributed by atoms with van der Waals surface area (Å²) in [5.41, 5.74) is 1.72. The summed E-state index contributed by atoms with van der Waals surface area (Å²) in [6, 6.07) is 7.52. The number of nitriles is 1. The summed E-state index contributed by atoms with van der Waals surface area (Å²) in [6.45, 7) is 4.31. The summed E-state index contributed by atoms with van der Waals surface area (Å²) in [7, 11) is 0. The van der Waals surface area contributed by atoms with E-state index in [1.807, 2.05) is 23.9 Å². The smallest absolute Gasteiger partial charge is 0.0992 e. The Kier molecular flexibility index (Phi) is 4.31. The van der Waals surface area contributed by atoms with Crippen molar-refractivity contribution in [2.24, 2.45) is 0 Å². The van der Waals surface area contributed by atoms with Crippen molar-refractivity contribution in [3.8, 4) is 6.07 Å². The molecule has 0 unspecified atom stereocenters. The van der Waals surface area contributed by atoms with E-state index in [0.717, 1.165) is 11.3 Å². The average molecular weight is 226 g/mol. The van der Waals surface area contributed by atoms with Crippen molar-refractivity contribution in [2.75, 3.05) is 0 Å². The van der Waals surface area contributed by atoms with Crippen LogP contribution in [0.3, 0.4) is 0 Å². The second-order valence-corrected chi connectivity index (χ2v) is 5.25. The Morgan fingerprint density at radius 1 is 1.50 bits per heavy atom. The van der Waals surface area contributed by atoms with Crippen LogP contribution < -0.4 is 0 Å². The molecule has 14 heavy (non-hydrogen) atoms. The zero-order chi connectivity index (χ0) is 10.6. The van der Waals surface area contributed by atoms with Crippen LogP contribution in [0.4, 0.5) is 0 Å². The van der Waals surface area contributed by atoms with E-state index >= 15 is 0 Å². The summed E-state index contributed by atoms with van der Waals surface area (Å²) < 4.78 is 0. The molecule has 1 rings (SSSR count). The zero-order valence-corrected chi connectivity index (χ0v) is 9.82. The highest BCUT2D eigenvalue weighted by Gasteiger charge is 2.03. The van der Waals surface area contributed by atoms with Crippen molar-refractivity contribution >= 4 is 23.4 Å². The monoisotopic (exact) mass is 225 g/mol. The van der Waals surface area contributed by atoms with Crippen LogP contribution in [-0.4, -0.2) is 5.25 Å². The van der Waals surface area contributed by atoms with Gasteiger partial charge in [0.05, 0.1) is 11.6 Å². The van der Waals surface area contributed by atoms with Crippen LogP contribution >= 0.6 is 23.4 Å². The quantitative estimate of drug-likeness (QED) is 0.780. The fraction of sp³-hybridized carbons (Fsp3) is 0.364. The normalized spacial score (nSPS) is 10.2. The summed E-state index contributed by atoms with van der Waals surface area (Å²) >= 11 is 7.87. The van der Waals surface area contributed by atoms with E-state index in [1.54, 1.807) is 6.07 Å². The Hall–Kier alpha value is -0.650. The second kappa shape index (κ2) is 5.29. The van der Waals surface area contributed by atoms with Gasteiger partial charge < -0.3 is 0 Å². The van der Waals surface area contributed by atoms with Gasteiger partial charge in [0.15, 0.2) is 0 Å². The van der Waals surface area contributed by atoms with Crippen molar-refractivity contribution in [2.45, 2.75) is 24.9 Å². The van der Waals surface area contributed by atoms with Crippen LogP contribution in [0.1, 0.15) is 25.0 Å². The predicted octanol–water partition coefficient (Wildman–Crippen LogP) is 3.85. The van der Waals surface area contributed by atoms with Crippen molar-refractivity contribution in [1.82, 2.24) is 0 Å². The molecule has 1 nitrogen and oxygen atoms in total. The Morgan fingerprint density at radius 3 is 2.71 bits per heavy atom. The average Bonchev–Trinajstić information content (AvgIpc) is 2.15. The van der Waals surface area contributed by atoms with Gasteiger partial charge in [-0.15, -0.1) is 0 Å². The van der Waals surface area contributed by atoms with Crippen LogP contribution in [0.2, 0.25) is 5.02 Å². The zero-order valence-electron chi connectivity index (χ0n) is 8.25. The van der Waals surface area contributed by atoms with E-state index in [2.05, 4.69) is 19.9 Å². The van der Waals surface area contributed by atoms with E-state index in [-0.39, 0.29) is 0 Å². The van der Waals surface area contributed by atoms with Crippen LogP contribution in [0.5, 0.6) is 0 Å². The van der Waals surface area contributed by atoms with Crippen LogP contribution in [-0.2, 0) is 5.75 Å². The molecule has 0 saturated carbocycles. The van der Waals surface area contributed by atoms with Crippen LogP contribution in [0, 0.1) is 11.3 Å². The number of hydrogen-bond acceptors (Lipinski definition) is 2. The highest BCUT2D eigenvalue weighted by molar-refractivity contribution is 7.99. The number of halogens is 1. The first-order chi connectivity index (χ1) is 6.63. The molecule has 0 aromatic heterocycles. The van der Waals surface area contributed by atoms with Gasteiger partial charge in [0.1, 0.15) is 0 Å². The number of thioether (sulfide) groups is 1. The molecule has 0 aliphatic heterocycles. The first-order valence-electron chi connectivity index (χ1n) is 4.43. The molecule has 0 amide bonds. The molecule has 0 aliphatic rings. The van der Waals surface area contributed by atoms with Gasteiger partial charge in [-0.25, -0.2) is 0 Å². The van der Waals surface area contributed by atoms with E-state index in [1.165, 1.54) is 0 Å². The molecule has 0 saturated heterocycles. The lowest BCUT2D eigenvalue weighted by atomic mass is 10.2. The molecular formula is C11H12ClNS. The molecule has 1 aromatic rings. The summed E-state index contributed by atoms with van der Waals surface area (Å²) in [4.78, 5) is 0. The Balaban J connectivity index is 2.75. The van der Waals surface area contributed by atoms with Crippen molar-refractivity contribution in [3.63, 3.8) is 0 Å². The highest BCUT2D eigenvalue weighted by atomic mass is 35.5. The molecule has 0 N–H and O–H groups in total. The lowest BCUT2D eigenvalue weighted by Gasteiger charge is -2.06. The molecule has 0 bridgehead atoms. The summed E-state index contributed by atoms with van der Waals surface area (Å²) in [6.07, 6.45) is 0. The van der Waals surface area contributed by atoms with Crippen LogP contribution in [0.25, 0.3) is 0 Å². The molecule has 0 radical (unpaired) electrons. The summed E-state index contributed by atoms with van der Waals surface area (Å²) in [5, 5.41) is 9.95. The Morgan fingerprint density at radius 2 is 2.21 bits per heavy atom.